The van der Waals surface area contributed by atoms with Crippen molar-refractivity contribution in [1.29, 1.82) is 0 Å². The van der Waals surface area contributed by atoms with Gasteiger partial charge in [0.1, 0.15) is 22.6 Å². The van der Waals surface area contributed by atoms with Gasteiger partial charge >= 0.3 is 0 Å². The van der Waals surface area contributed by atoms with Crippen LogP contribution in [0.5, 0.6) is 0 Å². The van der Waals surface area contributed by atoms with Gasteiger partial charge in [0.25, 0.3) is 5.91 Å². The Morgan fingerprint density at radius 3 is 2.73 bits per heavy atom. The van der Waals surface area contributed by atoms with Gasteiger partial charge in [0, 0.05) is 13.1 Å². The molecule has 5 nitrogen and oxygen atoms in total. The van der Waals surface area contributed by atoms with Crippen LogP contribution in [0.1, 0.15) is 28.3 Å². The molecule has 0 radical (unpaired) electrons. The highest BCUT2D eigenvalue weighted by molar-refractivity contribution is 7.17. The predicted octanol–water partition coefficient (Wildman–Crippen LogP) is 2.32. The van der Waals surface area contributed by atoms with Crippen LogP contribution < -0.4 is 10.6 Å². The third-order valence-corrected chi connectivity index (χ3v) is 3.80. The van der Waals surface area contributed by atoms with E-state index in [-0.39, 0.29) is 6.54 Å². The number of rotatable bonds is 6. The minimum Gasteiger partial charge on any atom is -0.386 e. The zero-order valence-corrected chi connectivity index (χ0v) is 12.6. The monoisotopic (exact) mass is 327 g/mol. The zero-order valence-electron chi connectivity index (χ0n) is 11.8. The summed E-state index contributed by atoms with van der Waals surface area (Å²) >= 11 is 1.16. The summed E-state index contributed by atoms with van der Waals surface area (Å²) in [4.78, 5) is 16.2. The highest BCUT2D eigenvalue weighted by Crippen LogP contribution is 2.21. The van der Waals surface area contributed by atoms with Crippen molar-refractivity contribution in [1.82, 2.24) is 10.3 Å². The highest BCUT2D eigenvalue weighted by atomic mass is 32.1. The van der Waals surface area contributed by atoms with Crippen LogP contribution in [0.25, 0.3) is 0 Å². The molecule has 2 aromatic rings. The van der Waals surface area contributed by atoms with E-state index in [1.54, 1.807) is 0 Å². The van der Waals surface area contributed by atoms with Crippen LogP contribution in [0.3, 0.4) is 0 Å². The number of aromatic nitrogens is 1. The number of nitrogens with one attached hydrogen (secondary N) is 2. The van der Waals surface area contributed by atoms with Crippen molar-refractivity contribution in [3.8, 4) is 0 Å². The first-order valence-corrected chi connectivity index (χ1v) is 7.44. The average Bonchev–Trinajstić information content (AvgIpc) is 2.93. The number of hydrogen-bond donors (Lipinski definition) is 3. The van der Waals surface area contributed by atoms with E-state index in [1.807, 2.05) is 6.92 Å². The molecule has 0 aliphatic heterocycles. The predicted molar refractivity (Wildman–Crippen MR) is 79.9 cm³/mol. The number of benzene rings is 1. The normalized spacial score (nSPS) is 12.0. The van der Waals surface area contributed by atoms with Crippen molar-refractivity contribution in [2.45, 2.75) is 13.0 Å². The van der Waals surface area contributed by atoms with E-state index in [1.165, 1.54) is 12.3 Å². The maximum absolute atomic E-state index is 13.5. The molecule has 2 rings (SSSR count). The van der Waals surface area contributed by atoms with E-state index < -0.39 is 29.2 Å². The van der Waals surface area contributed by atoms with E-state index in [4.69, 9.17) is 0 Å². The number of amides is 1. The van der Waals surface area contributed by atoms with Crippen LogP contribution in [-0.2, 0) is 0 Å². The second-order valence-corrected chi connectivity index (χ2v) is 5.45. The summed E-state index contributed by atoms with van der Waals surface area (Å²) in [6, 6.07) is 3.31. The Kier molecular flexibility index (Phi) is 5.40. The van der Waals surface area contributed by atoms with E-state index in [9.17, 15) is 18.7 Å². The molecule has 0 saturated heterocycles. The Balaban J connectivity index is 1.98. The van der Waals surface area contributed by atoms with E-state index in [0.29, 0.717) is 16.6 Å². The SMILES string of the molecule is CCNc1ncc(C(=O)NCC(O)c2c(F)cccc2F)s1. The van der Waals surface area contributed by atoms with Crippen LogP contribution in [0.4, 0.5) is 13.9 Å². The molecule has 1 heterocycles. The van der Waals surface area contributed by atoms with Crippen LogP contribution >= 0.6 is 11.3 Å². The number of halogens is 2. The van der Waals surface area contributed by atoms with Crippen molar-refractivity contribution < 1.29 is 18.7 Å². The Bertz CT molecular complexity index is 643. The molecule has 1 aromatic carbocycles. The third-order valence-electron chi connectivity index (χ3n) is 2.85. The number of thiazole rings is 1. The van der Waals surface area contributed by atoms with Crippen molar-refractivity contribution in [2.75, 3.05) is 18.4 Å². The zero-order chi connectivity index (χ0) is 16.1. The summed E-state index contributed by atoms with van der Waals surface area (Å²) in [5.74, 6) is -2.17. The van der Waals surface area contributed by atoms with Crippen LogP contribution in [0.2, 0.25) is 0 Å². The van der Waals surface area contributed by atoms with Gasteiger partial charge in [0.2, 0.25) is 0 Å². The minimum absolute atomic E-state index is 0.300. The van der Waals surface area contributed by atoms with Gasteiger partial charge in [-0.15, -0.1) is 0 Å². The number of nitrogens with zero attached hydrogens (tertiary/aromatic N) is 1. The van der Waals surface area contributed by atoms with Crippen LogP contribution in [0, 0.1) is 11.6 Å². The van der Waals surface area contributed by atoms with Crippen molar-refractivity contribution in [2.24, 2.45) is 0 Å². The summed E-state index contributed by atoms with van der Waals surface area (Å²) in [5.41, 5.74) is -0.458. The number of anilines is 1. The van der Waals surface area contributed by atoms with Gasteiger partial charge in [-0.05, 0) is 19.1 Å². The van der Waals surface area contributed by atoms with E-state index >= 15 is 0 Å². The smallest absolute Gasteiger partial charge is 0.263 e. The van der Waals surface area contributed by atoms with Crippen molar-refractivity contribution in [3.05, 3.63) is 46.5 Å². The minimum atomic E-state index is -1.47. The molecular formula is C14H15F2N3O2S. The first-order chi connectivity index (χ1) is 10.5. The number of aliphatic hydroxyl groups excluding tert-OH is 1. The number of aliphatic hydroxyl groups is 1. The summed E-state index contributed by atoms with van der Waals surface area (Å²) < 4.78 is 27.0. The number of carbonyl (C=O) groups is 1. The van der Waals surface area contributed by atoms with Crippen molar-refractivity contribution >= 4 is 22.4 Å². The van der Waals surface area contributed by atoms with Crippen LogP contribution in [-0.4, -0.2) is 29.1 Å². The molecule has 0 aliphatic rings. The molecule has 0 saturated carbocycles. The summed E-state index contributed by atoms with van der Waals surface area (Å²) in [7, 11) is 0. The Labute approximate surface area is 130 Å². The van der Waals surface area contributed by atoms with E-state index in [2.05, 4.69) is 15.6 Å². The average molecular weight is 327 g/mol. The van der Waals surface area contributed by atoms with Crippen molar-refractivity contribution in [3.63, 3.8) is 0 Å². The lowest BCUT2D eigenvalue weighted by Crippen LogP contribution is -2.28. The fraction of sp³-hybridized carbons (Fsp3) is 0.286. The number of carbonyl (C=O) groups excluding carboxylic acids is 1. The van der Waals surface area contributed by atoms with Gasteiger partial charge in [-0.2, -0.15) is 0 Å². The summed E-state index contributed by atoms with van der Waals surface area (Å²) in [5, 5.41) is 15.8. The summed E-state index contributed by atoms with van der Waals surface area (Å²) in [6.07, 6.45) is -0.0695. The number of hydrogen-bond acceptors (Lipinski definition) is 5. The first-order valence-electron chi connectivity index (χ1n) is 6.62. The second kappa shape index (κ2) is 7.28. The molecule has 8 heteroatoms. The molecule has 1 unspecified atom stereocenters. The molecule has 1 aromatic heterocycles. The first kappa shape index (κ1) is 16.3. The second-order valence-electron chi connectivity index (χ2n) is 4.42. The summed E-state index contributed by atoms with van der Waals surface area (Å²) in [6.45, 7) is 2.28. The van der Waals surface area contributed by atoms with Gasteiger partial charge in [-0.3, -0.25) is 4.79 Å². The maximum atomic E-state index is 13.5. The fourth-order valence-electron chi connectivity index (χ4n) is 1.82. The van der Waals surface area contributed by atoms with Gasteiger partial charge in [0.05, 0.1) is 11.8 Å². The molecule has 0 fully saturated rings. The third kappa shape index (κ3) is 3.77. The lowest BCUT2D eigenvalue weighted by molar-refractivity contribution is 0.0915. The standard InChI is InChI=1S/C14H15F2N3O2S/c1-2-17-14-19-7-11(22-14)13(21)18-6-10(20)12-8(15)4-3-5-9(12)16/h3-5,7,10,20H,2,6H2,1H3,(H,17,19)(H,18,21). The molecule has 0 spiro atoms. The van der Waals surface area contributed by atoms with Gasteiger partial charge in [-0.25, -0.2) is 13.8 Å². The van der Waals surface area contributed by atoms with Gasteiger partial charge in [0.15, 0.2) is 5.13 Å². The molecule has 22 heavy (non-hydrogen) atoms. The highest BCUT2D eigenvalue weighted by Gasteiger charge is 2.19. The molecule has 118 valence electrons. The molecule has 0 bridgehead atoms. The Morgan fingerprint density at radius 2 is 2.09 bits per heavy atom. The Morgan fingerprint density at radius 1 is 1.41 bits per heavy atom. The van der Waals surface area contributed by atoms with Gasteiger partial charge in [-0.1, -0.05) is 17.4 Å². The van der Waals surface area contributed by atoms with Gasteiger partial charge < -0.3 is 15.7 Å². The fourth-order valence-corrected chi connectivity index (χ4v) is 2.62. The lowest BCUT2D eigenvalue weighted by atomic mass is 10.1. The molecule has 0 aliphatic carbocycles. The molecule has 3 N–H and O–H groups in total. The largest absolute Gasteiger partial charge is 0.386 e. The maximum Gasteiger partial charge on any atom is 0.263 e. The lowest BCUT2D eigenvalue weighted by Gasteiger charge is -2.13. The Hall–Kier alpha value is -2.06. The molecule has 1 amide bonds. The van der Waals surface area contributed by atoms with Crippen LogP contribution in [0.15, 0.2) is 24.4 Å². The molecular weight excluding hydrogens is 312 g/mol. The quantitative estimate of drug-likeness (QED) is 0.761. The molecule has 1 atom stereocenters. The van der Waals surface area contributed by atoms with E-state index in [0.717, 1.165) is 23.5 Å². The topological polar surface area (TPSA) is 74.2 Å².